The Kier molecular flexibility index (Phi) is 5.08. The van der Waals surface area contributed by atoms with Crippen LogP contribution in [-0.4, -0.2) is 27.6 Å². The van der Waals surface area contributed by atoms with E-state index < -0.39 is 14.3 Å². The molecule has 21 heavy (non-hydrogen) atoms. The minimum Gasteiger partial charge on any atom is -0.462 e. The highest BCUT2D eigenvalue weighted by Gasteiger charge is 2.40. The van der Waals surface area contributed by atoms with Crippen molar-refractivity contribution in [2.75, 3.05) is 13.3 Å². The van der Waals surface area contributed by atoms with Crippen LogP contribution in [0, 0.1) is 0 Å². The van der Waals surface area contributed by atoms with Crippen molar-refractivity contribution < 1.29 is 14.0 Å². The van der Waals surface area contributed by atoms with E-state index in [1.165, 1.54) is 6.08 Å². The van der Waals surface area contributed by atoms with Crippen molar-refractivity contribution in [3.63, 3.8) is 0 Å². The smallest absolute Gasteiger partial charge is 0.329 e. The van der Waals surface area contributed by atoms with Crippen molar-refractivity contribution in [2.24, 2.45) is 0 Å². The van der Waals surface area contributed by atoms with Gasteiger partial charge in [-0.15, -0.1) is 0 Å². The number of rotatable bonds is 6. The summed E-state index contributed by atoms with van der Waals surface area (Å²) in [7, 11) is -0.917. The second-order valence-corrected chi connectivity index (χ2v) is 8.08. The van der Waals surface area contributed by atoms with E-state index in [9.17, 15) is 4.79 Å². The predicted octanol–water partition coefficient (Wildman–Crippen LogP) is 1.66. The lowest BCUT2D eigenvalue weighted by Crippen LogP contribution is -2.64. The second kappa shape index (κ2) is 7.01. The van der Waals surface area contributed by atoms with Crippen LogP contribution in [0.5, 0.6) is 0 Å². The minimum atomic E-state index is -2.59. The summed E-state index contributed by atoms with van der Waals surface area (Å²) in [5.41, 5.74) is 0. The van der Waals surface area contributed by atoms with Gasteiger partial charge < -0.3 is 9.16 Å². The molecule has 0 heterocycles. The molecule has 0 saturated carbocycles. The number of hydrogen-bond donors (Lipinski definition) is 0. The van der Waals surface area contributed by atoms with E-state index >= 15 is 0 Å². The van der Waals surface area contributed by atoms with Gasteiger partial charge in [-0.3, -0.25) is 0 Å². The molecule has 0 fully saturated rings. The first-order valence-corrected chi connectivity index (χ1v) is 8.80. The molecule has 108 valence electrons. The third-order valence-electron chi connectivity index (χ3n) is 3.41. The monoisotopic (exact) mass is 298 g/mol. The molecule has 0 aliphatic heterocycles. The number of benzene rings is 2. The molecule has 0 radical (unpaired) electrons. The fourth-order valence-corrected chi connectivity index (χ4v) is 5.34. The van der Waals surface area contributed by atoms with Crippen LogP contribution in [0.1, 0.15) is 0 Å². The molecule has 0 unspecified atom stereocenters. The van der Waals surface area contributed by atoms with Gasteiger partial charge in [0.1, 0.15) is 6.23 Å². The highest BCUT2D eigenvalue weighted by molar-refractivity contribution is 6.97. The van der Waals surface area contributed by atoms with Gasteiger partial charge in [-0.25, -0.2) is 4.79 Å². The molecule has 0 N–H and O–H groups in total. The lowest BCUT2D eigenvalue weighted by molar-refractivity contribution is -0.136. The Balaban J connectivity index is 2.46. The predicted molar refractivity (Wildman–Crippen MR) is 86.1 cm³/mol. The topological polar surface area (TPSA) is 35.5 Å². The van der Waals surface area contributed by atoms with E-state index in [0.29, 0.717) is 0 Å². The van der Waals surface area contributed by atoms with Crippen LogP contribution in [0.15, 0.2) is 73.3 Å². The maximum Gasteiger partial charge on any atom is 0.329 e. The highest BCUT2D eigenvalue weighted by Crippen LogP contribution is 2.08. The maximum absolute atomic E-state index is 11.5. The minimum absolute atomic E-state index is 0.225. The van der Waals surface area contributed by atoms with Gasteiger partial charge in [-0.1, -0.05) is 67.2 Å². The van der Waals surface area contributed by atoms with Crippen LogP contribution in [0.25, 0.3) is 0 Å². The molecule has 0 amide bonds. The Morgan fingerprint density at radius 2 is 1.52 bits per heavy atom. The van der Waals surface area contributed by atoms with Crippen LogP contribution in [-0.2, 0) is 14.0 Å². The molecule has 0 aliphatic rings. The molecule has 2 aromatic rings. The van der Waals surface area contributed by atoms with Crippen LogP contribution < -0.4 is 10.4 Å². The molecular formula is C17H18O3Si. The Labute approximate surface area is 126 Å². The Morgan fingerprint density at radius 1 is 1.05 bits per heavy atom. The first kappa shape index (κ1) is 15.2. The average Bonchev–Trinajstić information content (AvgIpc) is 2.57. The van der Waals surface area contributed by atoms with E-state index in [1.54, 1.807) is 7.11 Å². The fraction of sp³-hybridized carbons (Fsp3) is 0.118. The van der Waals surface area contributed by atoms with Gasteiger partial charge in [0.05, 0.1) is 0 Å². The molecule has 4 heteroatoms. The molecular weight excluding hydrogens is 280 g/mol. The van der Waals surface area contributed by atoms with Crippen LogP contribution in [0.2, 0.25) is 0 Å². The van der Waals surface area contributed by atoms with Crippen LogP contribution in [0.4, 0.5) is 0 Å². The molecule has 0 bridgehead atoms. The zero-order chi connectivity index (χ0) is 15.1. The Hall–Kier alpha value is -2.17. The van der Waals surface area contributed by atoms with Crippen molar-refractivity contribution >= 4 is 24.7 Å². The molecule has 0 saturated heterocycles. The maximum atomic E-state index is 11.5. The number of esters is 1. The van der Waals surface area contributed by atoms with Gasteiger partial charge in [0, 0.05) is 13.2 Å². The normalized spacial score (nSPS) is 10.9. The molecule has 0 aromatic heterocycles. The third kappa shape index (κ3) is 3.29. The summed E-state index contributed by atoms with van der Waals surface area (Å²) in [5, 5.41) is 2.13. The van der Waals surface area contributed by atoms with Crippen molar-refractivity contribution in [1.82, 2.24) is 0 Å². The van der Waals surface area contributed by atoms with Crippen molar-refractivity contribution in [1.29, 1.82) is 0 Å². The van der Waals surface area contributed by atoms with Crippen molar-refractivity contribution in [3.05, 3.63) is 73.3 Å². The summed E-state index contributed by atoms with van der Waals surface area (Å²) >= 11 is 0. The number of ether oxygens (including phenoxy) is 1. The van der Waals surface area contributed by atoms with Crippen LogP contribution >= 0.6 is 0 Å². The molecule has 2 aromatic carbocycles. The zero-order valence-electron chi connectivity index (χ0n) is 12.0. The van der Waals surface area contributed by atoms with E-state index in [1.807, 2.05) is 60.7 Å². The Morgan fingerprint density at radius 3 is 1.90 bits per heavy atom. The zero-order valence-corrected chi connectivity index (χ0v) is 13.0. The molecule has 0 atom stereocenters. The molecule has 2 rings (SSSR count). The van der Waals surface area contributed by atoms with E-state index in [2.05, 4.69) is 6.58 Å². The van der Waals surface area contributed by atoms with Crippen molar-refractivity contribution in [3.8, 4) is 0 Å². The van der Waals surface area contributed by atoms with Crippen LogP contribution in [0.3, 0.4) is 0 Å². The second-order valence-electron chi connectivity index (χ2n) is 4.58. The van der Waals surface area contributed by atoms with E-state index in [-0.39, 0.29) is 6.23 Å². The lowest BCUT2D eigenvalue weighted by atomic mass is 10.4. The van der Waals surface area contributed by atoms with Crippen molar-refractivity contribution in [2.45, 2.75) is 0 Å². The standard InChI is InChI=1S/C17H18O3Si/c1-3-17(18)20-14-21(19-2,15-10-6-4-7-11-15)16-12-8-5-9-13-16/h3-13H,1,14H2,2H3. The number of carbonyl (C=O) groups is 1. The van der Waals surface area contributed by atoms with Gasteiger partial charge >= 0.3 is 5.97 Å². The molecule has 0 aliphatic carbocycles. The number of carbonyl (C=O) groups excluding carboxylic acids is 1. The molecule has 3 nitrogen and oxygen atoms in total. The SMILES string of the molecule is C=CC(=O)OC[Si](OC)(c1ccccc1)c1ccccc1. The first-order valence-electron chi connectivity index (χ1n) is 6.68. The fourth-order valence-electron chi connectivity index (χ4n) is 2.27. The summed E-state index contributed by atoms with van der Waals surface area (Å²) < 4.78 is 11.3. The average molecular weight is 298 g/mol. The van der Waals surface area contributed by atoms with Gasteiger partial charge in [0.15, 0.2) is 0 Å². The van der Waals surface area contributed by atoms with E-state index in [4.69, 9.17) is 9.16 Å². The van der Waals surface area contributed by atoms with E-state index in [0.717, 1.165) is 10.4 Å². The summed E-state index contributed by atoms with van der Waals surface area (Å²) in [4.78, 5) is 11.5. The summed E-state index contributed by atoms with van der Waals surface area (Å²) in [6.45, 7) is 3.43. The quantitative estimate of drug-likeness (QED) is 0.462. The van der Waals surface area contributed by atoms with Gasteiger partial charge in [-0.2, -0.15) is 0 Å². The highest BCUT2D eigenvalue weighted by atomic mass is 28.4. The summed E-state index contributed by atoms with van der Waals surface area (Å²) in [6, 6.07) is 19.9. The van der Waals surface area contributed by atoms with Gasteiger partial charge in [0.25, 0.3) is 8.32 Å². The lowest BCUT2D eigenvalue weighted by Gasteiger charge is -2.30. The first-order chi connectivity index (χ1) is 10.2. The summed E-state index contributed by atoms with van der Waals surface area (Å²) in [5.74, 6) is -0.434. The number of hydrogen-bond acceptors (Lipinski definition) is 3. The van der Waals surface area contributed by atoms with Gasteiger partial charge in [-0.05, 0) is 10.4 Å². The summed E-state index contributed by atoms with van der Waals surface area (Å²) in [6.07, 6.45) is 1.40. The van der Waals surface area contributed by atoms with Gasteiger partial charge in [0.2, 0.25) is 0 Å². The molecule has 0 spiro atoms. The largest absolute Gasteiger partial charge is 0.462 e. The third-order valence-corrected chi connectivity index (χ3v) is 7.19. The Bertz CT molecular complexity index is 556.